The van der Waals surface area contributed by atoms with Crippen LogP contribution in [0.2, 0.25) is 0 Å². The highest BCUT2D eigenvalue weighted by atomic mass is 32.2. The van der Waals surface area contributed by atoms with Gasteiger partial charge in [-0.2, -0.15) is 0 Å². The number of methoxy groups -OCH3 is 1. The van der Waals surface area contributed by atoms with Gasteiger partial charge in [0, 0.05) is 24.6 Å². The highest BCUT2D eigenvalue weighted by Crippen LogP contribution is 2.27. The summed E-state index contributed by atoms with van der Waals surface area (Å²) in [5.74, 6) is 0.0927. The van der Waals surface area contributed by atoms with Gasteiger partial charge >= 0.3 is 5.69 Å². The maximum atomic E-state index is 12.4. The van der Waals surface area contributed by atoms with E-state index in [2.05, 4.69) is 9.97 Å². The van der Waals surface area contributed by atoms with Gasteiger partial charge in [-0.25, -0.2) is 13.2 Å². The minimum atomic E-state index is -3.51. The number of rotatable bonds is 4. The molecule has 8 nitrogen and oxygen atoms in total. The fraction of sp³-hybridized carbons (Fsp3) is 0.118. The maximum Gasteiger partial charge on any atom is 0.333 e. The Morgan fingerprint density at radius 3 is 2.50 bits per heavy atom. The predicted octanol–water partition coefficient (Wildman–Crippen LogP) is 1.000. The molecule has 0 bridgehead atoms. The third-order valence-corrected chi connectivity index (χ3v) is 4.81. The number of nitrogens with one attached hydrogen (secondary N) is 1. The van der Waals surface area contributed by atoms with Crippen LogP contribution >= 0.6 is 0 Å². The first kappa shape index (κ1) is 17.6. The summed E-state index contributed by atoms with van der Waals surface area (Å²) in [4.78, 5) is 30.6. The van der Waals surface area contributed by atoms with Gasteiger partial charge in [-0.05, 0) is 24.3 Å². The monoisotopic (exact) mass is 373 g/mol. The van der Waals surface area contributed by atoms with Crippen molar-refractivity contribution in [1.29, 1.82) is 0 Å². The van der Waals surface area contributed by atoms with Gasteiger partial charge < -0.3 is 4.74 Å². The number of aromatic amines is 1. The van der Waals surface area contributed by atoms with Crippen LogP contribution in [0.4, 0.5) is 0 Å². The molecular weight excluding hydrogens is 358 g/mol. The van der Waals surface area contributed by atoms with E-state index in [0.717, 1.165) is 6.26 Å². The summed E-state index contributed by atoms with van der Waals surface area (Å²) in [6.45, 7) is 0. The molecule has 3 aromatic rings. The second kappa shape index (κ2) is 6.60. The van der Waals surface area contributed by atoms with Gasteiger partial charge in [0.25, 0.3) is 5.56 Å². The fourth-order valence-electron chi connectivity index (χ4n) is 2.56. The van der Waals surface area contributed by atoms with Crippen molar-refractivity contribution in [2.24, 2.45) is 0 Å². The number of nitrogens with zero attached hydrogens (tertiary/aromatic N) is 2. The highest BCUT2D eigenvalue weighted by Gasteiger charge is 2.17. The van der Waals surface area contributed by atoms with Gasteiger partial charge in [0.2, 0.25) is 0 Å². The quantitative estimate of drug-likeness (QED) is 0.730. The molecule has 0 saturated carbocycles. The van der Waals surface area contributed by atoms with Crippen LogP contribution in [0.15, 0.2) is 63.1 Å². The van der Waals surface area contributed by atoms with E-state index in [1.165, 1.54) is 35.9 Å². The van der Waals surface area contributed by atoms with E-state index in [9.17, 15) is 18.0 Å². The molecule has 0 aliphatic heterocycles. The molecule has 0 aliphatic rings. The molecular formula is C17H15N3O5S. The van der Waals surface area contributed by atoms with Crippen LogP contribution < -0.4 is 16.0 Å². The smallest absolute Gasteiger partial charge is 0.333 e. The van der Waals surface area contributed by atoms with Crippen LogP contribution in [0.1, 0.15) is 0 Å². The first-order valence-electron chi connectivity index (χ1n) is 7.47. The summed E-state index contributed by atoms with van der Waals surface area (Å²) in [6, 6.07) is 10.6. The summed E-state index contributed by atoms with van der Waals surface area (Å²) in [7, 11) is -2.17. The normalized spacial score (nSPS) is 11.3. The van der Waals surface area contributed by atoms with Crippen LogP contribution in [-0.4, -0.2) is 36.3 Å². The molecule has 0 unspecified atom stereocenters. The Bertz CT molecular complexity index is 1180. The third kappa shape index (κ3) is 3.29. The van der Waals surface area contributed by atoms with Crippen LogP contribution in [0.3, 0.4) is 0 Å². The zero-order chi connectivity index (χ0) is 18.9. The zero-order valence-corrected chi connectivity index (χ0v) is 14.8. The SMILES string of the molecule is COc1cc(-n2c(-c3ccccn3)cc(=O)[nH]c2=O)ccc1S(C)(=O)=O. The molecule has 0 radical (unpaired) electrons. The van der Waals surface area contributed by atoms with Gasteiger partial charge in [0.1, 0.15) is 10.6 Å². The van der Waals surface area contributed by atoms with Crippen LogP contribution in [0.5, 0.6) is 5.75 Å². The molecule has 134 valence electrons. The van der Waals surface area contributed by atoms with Crippen molar-refractivity contribution >= 4 is 9.84 Å². The van der Waals surface area contributed by atoms with Crippen molar-refractivity contribution in [3.05, 3.63) is 69.5 Å². The van der Waals surface area contributed by atoms with Crippen LogP contribution in [0, 0.1) is 0 Å². The predicted molar refractivity (Wildman–Crippen MR) is 95.6 cm³/mol. The topological polar surface area (TPSA) is 111 Å². The first-order valence-corrected chi connectivity index (χ1v) is 9.36. The third-order valence-electron chi connectivity index (χ3n) is 3.67. The Morgan fingerprint density at radius 1 is 1.12 bits per heavy atom. The molecule has 0 atom stereocenters. The van der Waals surface area contributed by atoms with Gasteiger partial charge in [0.15, 0.2) is 9.84 Å². The number of hydrogen-bond donors (Lipinski definition) is 1. The average Bonchev–Trinajstić information content (AvgIpc) is 2.60. The lowest BCUT2D eigenvalue weighted by molar-refractivity contribution is 0.402. The van der Waals surface area contributed by atoms with E-state index in [4.69, 9.17) is 4.74 Å². The summed E-state index contributed by atoms with van der Waals surface area (Å²) in [6.07, 6.45) is 2.61. The average molecular weight is 373 g/mol. The number of H-pyrrole nitrogens is 1. The fourth-order valence-corrected chi connectivity index (χ4v) is 3.38. The number of aromatic nitrogens is 3. The minimum absolute atomic E-state index is 0.000565. The number of pyridine rings is 1. The molecule has 0 fully saturated rings. The molecule has 0 spiro atoms. The van der Waals surface area contributed by atoms with E-state index in [1.54, 1.807) is 24.4 Å². The molecule has 2 heterocycles. The van der Waals surface area contributed by atoms with Crippen molar-refractivity contribution in [3.8, 4) is 22.8 Å². The van der Waals surface area contributed by atoms with Crippen LogP contribution in [0.25, 0.3) is 17.1 Å². The second-order valence-electron chi connectivity index (χ2n) is 5.48. The maximum absolute atomic E-state index is 12.4. The molecule has 1 aromatic carbocycles. The van der Waals surface area contributed by atoms with Gasteiger partial charge in [-0.1, -0.05) is 6.07 Å². The lowest BCUT2D eigenvalue weighted by Crippen LogP contribution is -2.29. The van der Waals surface area contributed by atoms with Crippen molar-refractivity contribution in [3.63, 3.8) is 0 Å². The Labute approximate surface area is 148 Å². The molecule has 0 aliphatic carbocycles. The van der Waals surface area contributed by atoms with E-state index < -0.39 is 21.1 Å². The first-order chi connectivity index (χ1) is 12.3. The molecule has 26 heavy (non-hydrogen) atoms. The van der Waals surface area contributed by atoms with Crippen LogP contribution in [-0.2, 0) is 9.84 Å². The van der Waals surface area contributed by atoms with E-state index in [0.29, 0.717) is 11.4 Å². The Morgan fingerprint density at radius 2 is 1.88 bits per heavy atom. The minimum Gasteiger partial charge on any atom is -0.495 e. The Balaban J connectivity index is 2.32. The zero-order valence-electron chi connectivity index (χ0n) is 14.0. The molecule has 2 aromatic heterocycles. The largest absolute Gasteiger partial charge is 0.495 e. The summed E-state index contributed by atoms with van der Waals surface area (Å²) >= 11 is 0. The van der Waals surface area contributed by atoms with E-state index >= 15 is 0 Å². The molecule has 1 N–H and O–H groups in total. The second-order valence-corrected chi connectivity index (χ2v) is 7.47. The lowest BCUT2D eigenvalue weighted by Gasteiger charge is -2.14. The summed E-state index contributed by atoms with van der Waals surface area (Å²) in [5, 5.41) is 0. The molecule has 9 heteroatoms. The number of sulfone groups is 1. The van der Waals surface area contributed by atoms with Crippen molar-refractivity contribution in [2.75, 3.05) is 13.4 Å². The van der Waals surface area contributed by atoms with E-state index in [-0.39, 0.29) is 16.3 Å². The summed E-state index contributed by atoms with van der Waals surface area (Å²) < 4.78 is 30.1. The summed E-state index contributed by atoms with van der Waals surface area (Å²) in [5.41, 5.74) is -0.217. The standard InChI is InChI=1S/C17H15N3O5S/c1-25-14-9-11(6-7-15(14)26(2,23)24)20-13(10-16(21)19-17(20)22)12-5-3-4-8-18-12/h3-10H,1-2H3,(H,19,21,22). The van der Waals surface area contributed by atoms with Crippen molar-refractivity contribution in [2.45, 2.75) is 4.90 Å². The van der Waals surface area contributed by atoms with E-state index in [1.807, 2.05) is 0 Å². The molecule has 0 amide bonds. The van der Waals surface area contributed by atoms with Gasteiger partial charge in [0.05, 0.1) is 24.2 Å². The van der Waals surface area contributed by atoms with Crippen molar-refractivity contribution in [1.82, 2.24) is 14.5 Å². The molecule has 3 rings (SSSR count). The molecule has 0 saturated heterocycles. The number of ether oxygens (including phenoxy) is 1. The van der Waals surface area contributed by atoms with Gasteiger partial charge in [-0.3, -0.25) is 19.3 Å². The Kier molecular flexibility index (Phi) is 4.47. The Hall–Kier alpha value is -3.20. The lowest BCUT2D eigenvalue weighted by atomic mass is 10.2. The highest BCUT2D eigenvalue weighted by molar-refractivity contribution is 7.90. The van der Waals surface area contributed by atoms with Crippen molar-refractivity contribution < 1.29 is 13.2 Å². The number of benzene rings is 1. The van der Waals surface area contributed by atoms with Gasteiger partial charge in [-0.15, -0.1) is 0 Å². The number of hydrogen-bond acceptors (Lipinski definition) is 6.